The van der Waals surface area contributed by atoms with Crippen LogP contribution in [-0.4, -0.2) is 0 Å². The van der Waals surface area contributed by atoms with Crippen LogP contribution in [0, 0.1) is 0 Å². The summed E-state index contributed by atoms with van der Waals surface area (Å²) in [5.41, 5.74) is 4.97. The number of benzene rings is 4. The molecule has 0 nitrogen and oxygen atoms in total. The second-order valence-electron chi connectivity index (χ2n) is 6.40. The highest BCUT2D eigenvalue weighted by Gasteiger charge is 2.07. The third kappa shape index (κ3) is 2.76. The van der Waals surface area contributed by atoms with Crippen molar-refractivity contribution in [2.45, 2.75) is 0 Å². The zero-order chi connectivity index (χ0) is 17.5. The average molecular weight is 415 g/mol. The minimum absolute atomic E-state index is 1.10. The van der Waals surface area contributed by atoms with Gasteiger partial charge in [-0.25, -0.2) is 0 Å². The summed E-state index contributed by atoms with van der Waals surface area (Å²) in [5, 5.41) is 2.69. The van der Waals surface area contributed by atoms with Gasteiger partial charge in [0.25, 0.3) is 0 Å². The number of hydrogen-bond donors (Lipinski definition) is 0. The first-order chi connectivity index (χ1) is 12.8. The quantitative estimate of drug-likeness (QED) is 0.273. The van der Waals surface area contributed by atoms with E-state index in [0.717, 1.165) is 4.47 Å². The molecule has 0 saturated carbocycles. The van der Waals surface area contributed by atoms with Gasteiger partial charge in [-0.3, -0.25) is 0 Å². The Morgan fingerprint density at radius 1 is 0.500 bits per heavy atom. The third-order valence-corrected chi connectivity index (χ3v) is 6.38. The maximum atomic E-state index is 3.57. The highest BCUT2D eigenvalue weighted by molar-refractivity contribution is 9.10. The first kappa shape index (κ1) is 15.8. The van der Waals surface area contributed by atoms with E-state index in [1.165, 1.54) is 42.4 Å². The van der Waals surface area contributed by atoms with Gasteiger partial charge in [-0.15, -0.1) is 11.3 Å². The summed E-state index contributed by atoms with van der Waals surface area (Å²) in [4.78, 5) is 0. The molecule has 0 N–H and O–H groups in total. The molecule has 0 atom stereocenters. The van der Waals surface area contributed by atoms with Gasteiger partial charge in [0, 0.05) is 24.6 Å². The van der Waals surface area contributed by atoms with E-state index in [1.807, 2.05) is 11.3 Å². The summed E-state index contributed by atoms with van der Waals surface area (Å²) >= 11 is 5.43. The molecule has 0 radical (unpaired) electrons. The Morgan fingerprint density at radius 3 is 1.96 bits per heavy atom. The maximum absolute atomic E-state index is 3.57. The number of rotatable bonds is 2. The van der Waals surface area contributed by atoms with Crippen molar-refractivity contribution in [2.24, 2.45) is 0 Å². The predicted molar refractivity (Wildman–Crippen MR) is 118 cm³/mol. The van der Waals surface area contributed by atoms with Gasteiger partial charge < -0.3 is 0 Å². The zero-order valence-corrected chi connectivity index (χ0v) is 16.3. The van der Waals surface area contributed by atoms with Gasteiger partial charge >= 0.3 is 0 Å². The van der Waals surface area contributed by atoms with Crippen LogP contribution in [0.25, 0.3) is 42.4 Å². The van der Waals surface area contributed by atoms with Crippen LogP contribution in [0.2, 0.25) is 0 Å². The van der Waals surface area contributed by atoms with Crippen LogP contribution in [0.5, 0.6) is 0 Å². The van der Waals surface area contributed by atoms with E-state index in [-0.39, 0.29) is 0 Å². The zero-order valence-electron chi connectivity index (χ0n) is 13.9. The molecule has 5 rings (SSSR count). The van der Waals surface area contributed by atoms with Crippen LogP contribution in [0.15, 0.2) is 95.5 Å². The van der Waals surface area contributed by atoms with Crippen molar-refractivity contribution in [3.8, 4) is 22.3 Å². The van der Waals surface area contributed by atoms with E-state index in [4.69, 9.17) is 0 Å². The lowest BCUT2D eigenvalue weighted by molar-refractivity contribution is 1.58. The third-order valence-electron chi connectivity index (χ3n) is 4.73. The molecule has 0 fully saturated rings. The topological polar surface area (TPSA) is 0 Å². The van der Waals surface area contributed by atoms with E-state index in [0.29, 0.717) is 0 Å². The Bertz CT molecular complexity index is 1250. The van der Waals surface area contributed by atoms with Crippen molar-refractivity contribution < 1.29 is 0 Å². The fourth-order valence-corrected chi connectivity index (χ4v) is 4.94. The molecule has 1 aromatic heterocycles. The Labute approximate surface area is 164 Å². The molecule has 0 unspecified atom stereocenters. The lowest BCUT2D eigenvalue weighted by Crippen LogP contribution is -1.81. The highest BCUT2D eigenvalue weighted by atomic mass is 79.9. The second kappa shape index (κ2) is 6.39. The summed E-state index contributed by atoms with van der Waals surface area (Å²) < 4.78 is 3.80. The van der Waals surface area contributed by atoms with Crippen LogP contribution >= 0.6 is 27.3 Å². The van der Waals surface area contributed by atoms with Crippen LogP contribution in [0.4, 0.5) is 0 Å². The van der Waals surface area contributed by atoms with Crippen LogP contribution in [-0.2, 0) is 0 Å². The lowest BCUT2D eigenvalue weighted by Gasteiger charge is -2.07. The first-order valence-corrected chi connectivity index (χ1v) is 10.2. The molecule has 26 heavy (non-hydrogen) atoms. The number of fused-ring (bicyclic) bond motifs is 3. The smallest absolute Gasteiger partial charge is 0.0355 e. The van der Waals surface area contributed by atoms with Crippen LogP contribution < -0.4 is 0 Å². The first-order valence-electron chi connectivity index (χ1n) is 8.56. The molecule has 0 bridgehead atoms. The maximum Gasteiger partial charge on any atom is 0.0355 e. The molecule has 4 aromatic carbocycles. The van der Waals surface area contributed by atoms with Gasteiger partial charge in [-0.2, -0.15) is 0 Å². The summed E-state index contributed by atoms with van der Waals surface area (Å²) in [6, 6.07) is 32.7. The average Bonchev–Trinajstić information content (AvgIpc) is 3.06. The SMILES string of the molecule is Brc1cccc(-c2cccc(-c3ccc4sc5ccccc5c4c3)c2)c1. The Hall–Kier alpha value is -2.42. The normalized spacial score (nSPS) is 11.3. The van der Waals surface area contributed by atoms with E-state index in [9.17, 15) is 0 Å². The summed E-state index contributed by atoms with van der Waals surface area (Å²) in [6.07, 6.45) is 0. The molecule has 5 aromatic rings. The van der Waals surface area contributed by atoms with E-state index >= 15 is 0 Å². The van der Waals surface area contributed by atoms with Gasteiger partial charge in [-0.1, -0.05) is 70.5 Å². The molecule has 0 aliphatic heterocycles. The number of halogens is 1. The minimum Gasteiger partial charge on any atom is -0.135 e. The number of hydrogen-bond acceptors (Lipinski definition) is 1. The molecule has 0 amide bonds. The summed E-state index contributed by atoms with van der Waals surface area (Å²) in [5.74, 6) is 0. The van der Waals surface area contributed by atoms with Crippen molar-refractivity contribution in [3.05, 3.63) is 95.5 Å². The van der Waals surface area contributed by atoms with Gasteiger partial charge in [0.1, 0.15) is 0 Å². The van der Waals surface area contributed by atoms with Gasteiger partial charge in [0.2, 0.25) is 0 Å². The lowest BCUT2D eigenvalue weighted by atomic mass is 9.98. The highest BCUT2D eigenvalue weighted by Crippen LogP contribution is 2.37. The van der Waals surface area contributed by atoms with Crippen molar-refractivity contribution in [1.82, 2.24) is 0 Å². The Kier molecular flexibility index (Phi) is 3.88. The van der Waals surface area contributed by atoms with Crippen LogP contribution in [0.3, 0.4) is 0 Å². The van der Waals surface area contributed by atoms with Crippen molar-refractivity contribution in [3.63, 3.8) is 0 Å². The molecular weight excluding hydrogens is 400 g/mol. The monoisotopic (exact) mass is 414 g/mol. The van der Waals surface area contributed by atoms with E-state index < -0.39 is 0 Å². The molecule has 0 spiro atoms. The molecule has 124 valence electrons. The minimum atomic E-state index is 1.10. The molecule has 0 aliphatic rings. The van der Waals surface area contributed by atoms with Gasteiger partial charge in [0.05, 0.1) is 0 Å². The Morgan fingerprint density at radius 2 is 1.15 bits per heavy atom. The molecule has 0 aliphatic carbocycles. The van der Waals surface area contributed by atoms with E-state index in [2.05, 4.69) is 107 Å². The van der Waals surface area contributed by atoms with Crippen molar-refractivity contribution >= 4 is 47.4 Å². The molecule has 2 heteroatoms. The molecular formula is C24H15BrS. The number of thiophene rings is 1. The predicted octanol–water partition coefficient (Wildman–Crippen LogP) is 8.15. The second-order valence-corrected chi connectivity index (χ2v) is 8.40. The van der Waals surface area contributed by atoms with E-state index in [1.54, 1.807) is 0 Å². The van der Waals surface area contributed by atoms with Crippen LogP contribution in [0.1, 0.15) is 0 Å². The molecule has 1 heterocycles. The molecule has 0 saturated heterocycles. The van der Waals surface area contributed by atoms with Crippen molar-refractivity contribution in [2.75, 3.05) is 0 Å². The summed E-state index contributed by atoms with van der Waals surface area (Å²) in [7, 11) is 0. The largest absolute Gasteiger partial charge is 0.135 e. The standard InChI is InChI=1S/C24H15BrS/c25-20-8-4-7-18(14-20)16-5-3-6-17(13-16)19-11-12-24-22(15-19)21-9-1-2-10-23(21)26-24/h1-15H. The Balaban J connectivity index is 1.65. The fourth-order valence-electron chi connectivity index (χ4n) is 3.45. The summed E-state index contributed by atoms with van der Waals surface area (Å²) in [6.45, 7) is 0. The van der Waals surface area contributed by atoms with Gasteiger partial charge in [-0.05, 0) is 58.7 Å². The fraction of sp³-hybridized carbons (Fsp3) is 0. The van der Waals surface area contributed by atoms with Gasteiger partial charge in [0.15, 0.2) is 0 Å². The van der Waals surface area contributed by atoms with Crippen molar-refractivity contribution in [1.29, 1.82) is 0 Å².